The minimum atomic E-state index is -0.326. The summed E-state index contributed by atoms with van der Waals surface area (Å²) >= 11 is 5.97. The molecule has 0 saturated carbocycles. The van der Waals surface area contributed by atoms with Crippen molar-refractivity contribution in [2.24, 2.45) is 0 Å². The standard InChI is InChI=1S/C22H16ClN3O2/c1-14-5-10-18(23)12-20(14)26-22(28)17-8-6-16(7-9-17)21(27)25-19-4-2-3-15(11-19)13-24/h2-12H,1H3,(H,25,27)(H,26,28). The molecule has 28 heavy (non-hydrogen) atoms. The lowest BCUT2D eigenvalue weighted by Gasteiger charge is -2.10. The van der Waals surface area contributed by atoms with Crippen molar-refractivity contribution in [3.8, 4) is 6.07 Å². The molecule has 0 saturated heterocycles. The summed E-state index contributed by atoms with van der Waals surface area (Å²) in [6, 6.07) is 20.2. The molecule has 6 heteroatoms. The van der Waals surface area contributed by atoms with Gasteiger partial charge < -0.3 is 10.6 Å². The van der Waals surface area contributed by atoms with Gasteiger partial charge in [-0.05, 0) is 67.1 Å². The van der Waals surface area contributed by atoms with Gasteiger partial charge in [0, 0.05) is 27.5 Å². The number of benzene rings is 3. The van der Waals surface area contributed by atoms with Gasteiger partial charge in [-0.15, -0.1) is 0 Å². The maximum Gasteiger partial charge on any atom is 0.255 e. The van der Waals surface area contributed by atoms with Crippen LogP contribution in [0, 0.1) is 18.3 Å². The first-order valence-corrected chi connectivity index (χ1v) is 8.83. The van der Waals surface area contributed by atoms with Gasteiger partial charge in [-0.2, -0.15) is 5.26 Å². The fourth-order valence-electron chi connectivity index (χ4n) is 2.57. The minimum absolute atomic E-state index is 0.293. The van der Waals surface area contributed by atoms with Crippen LogP contribution in [0.2, 0.25) is 5.02 Å². The fraction of sp³-hybridized carbons (Fsp3) is 0.0455. The zero-order chi connectivity index (χ0) is 20.1. The number of nitrogens with zero attached hydrogens (tertiary/aromatic N) is 1. The van der Waals surface area contributed by atoms with Gasteiger partial charge in [-0.25, -0.2) is 0 Å². The van der Waals surface area contributed by atoms with Crippen LogP contribution in [0.3, 0.4) is 0 Å². The molecule has 0 unspecified atom stereocenters. The number of rotatable bonds is 4. The molecule has 0 bridgehead atoms. The van der Waals surface area contributed by atoms with Crippen molar-refractivity contribution in [2.45, 2.75) is 6.92 Å². The van der Waals surface area contributed by atoms with Gasteiger partial charge in [0.1, 0.15) is 0 Å². The van der Waals surface area contributed by atoms with Crippen LogP contribution in [0.15, 0.2) is 66.7 Å². The van der Waals surface area contributed by atoms with E-state index in [-0.39, 0.29) is 11.8 Å². The molecular weight excluding hydrogens is 374 g/mol. The molecule has 2 N–H and O–H groups in total. The molecule has 3 rings (SSSR count). The first kappa shape index (κ1) is 19.2. The van der Waals surface area contributed by atoms with Crippen LogP contribution >= 0.6 is 11.6 Å². The second-order valence-electron chi connectivity index (χ2n) is 6.14. The Morgan fingerprint density at radius 1 is 0.893 bits per heavy atom. The number of aryl methyl sites for hydroxylation is 1. The first-order chi connectivity index (χ1) is 13.5. The molecule has 3 aromatic carbocycles. The molecule has 5 nitrogen and oxygen atoms in total. The molecule has 0 atom stereocenters. The molecule has 0 heterocycles. The van der Waals surface area contributed by atoms with Crippen molar-refractivity contribution in [3.63, 3.8) is 0 Å². The number of carbonyl (C=O) groups is 2. The van der Waals surface area contributed by atoms with Gasteiger partial charge in [0.05, 0.1) is 11.6 Å². The van der Waals surface area contributed by atoms with Gasteiger partial charge in [-0.3, -0.25) is 9.59 Å². The van der Waals surface area contributed by atoms with E-state index >= 15 is 0 Å². The van der Waals surface area contributed by atoms with Gasteiger partial charge in [0.15, 0.2) is 0 Å². The zero-order valence-electron chi connectivity index (χ0n) is 15.0. The van der Waals surface area contributed by atoms with Crippen LogP contribution < -0.4 is 10.6 Å². The molecule has 138 valence electrons. The zero-order valence-corrected chi connectivity index (χ0v) is 15.7. The van der Waals surface area contributed by atoms with Crippen molar-refractivity contribution >= 4 is 34.8 Å². The summed E-state index contributed by atoms with van der Waals surface area (Å²) in [4.78, 5) is 24.8. The maximum absolute atomic E-state index is 12.4. The monoisotopic (exact) mass is 389 g/mol. The summed E-state index contributed by atoms with van der Waals surface area (Å²) in [5.41, 5.74) is 3.34. The summed E-state index contributed by atoms with van der Waals surface area (Å²) in [5.74, 6) is -0.619. The van der Waals surface area contributed by atoms with E-state index in [2.05, 4.69) is 10.6 Å². The van der Waals surface area contributed by atoms with Gasteiger partial charge >= 0.3 is 0 Å². The van der Waals surface area contributed by atoms with Crippen molar-refractivity contribution in [3.05, 3.63) is 94.0 Å². The number of amides is 2. The number of nitriles is 1. The number of hydrogen-bond donors (Lipinski definition) is 2. The number of hydrogen-bond acceptors (Lipinski definition) is 3. The maximum atomic E-state index is 12.4. The van der Waals surface area contributed by atoms with E-state index in [0.717, 1.165) is 5.56 Å². The fourth-order valence-corrected chi connectivity index (χ4v) is 2.74. The van der Waals surface area contributed by atoms with Gasteiger partial charge in [0.25, 0.3) is 11.8 Å². The largest absolute Gasteiger partial charge is 0.322 e. The van der Waals surface area contributed by atoms with E-state index < -0.39 is 0 Å². The van der Waals surface area contributed by atoms with E-state index in [0.29, 0.717) is 33.1 Å². The third kappa shape index (κ3) is 4.56. The smallest absolute Gasteiger partial charge is 0.255 e. The predicted octanol–water partition coefficient (Wildman–Crippen LogP) is 5.02. The van der Waals surface area contributed by atoms with Crippen LogP contribution in [0.5, 0.6) is 0 Å². The normalized spacial score (nSPS) is 10.0. The molecule has 0 aromatic heterocycles. The third-order valence-electron chi connectivity index (χ3n) is 4.11. The predicted molar refractivity (Wildman–Crippen MR) is 110 cm³/mol. The molecular formula is C22H16ClN3O2. The Morgan fingerprint density at radius 3 is 2.18 bits per heavy atom. The Hall–Kier alpha value is -3.62. The number of carbonyl (C=O) groups excluding carboxylic acids is 2. The van der Waals surface area contributed by atoms with E-state index in [4.69, 9.17) is 16.9 Å². The lowest BCUT2D eigenvalue weighted by Crippen LogP contribution is -2.15. The molecule has 0 aliphatic rings. The SMILES string of the molecule is Cc1ccc(Cl)cc1NC(=O)c1ccc(C(=O)Nc2cccc(C#N)c2)cc1. The molecule has 0 aliphatic carbocycles. The molecule has 0 aliphatic heterocycles. The molecule has 3 aromatic rings. The van der Waals surface area contributed by atoms with E-state index in [1.54, 1.807) is 60.7 Å². The van der Waals surface area contributed by atoms with E-state index in [1.807, 2.05) is 19.1 Å². The van der Waals surface area contributed by atoms with E-state index in [1.165, 1.54) is 0 Å². The van der Waals surface area contributed by atoms with Crippen molar-refractivity contribution < 1.29 is 9.59 Å². The summed E-state index contributed by atoms with van der Waals surface area (Å²) < 4.78 is 0. The summed E-state index contributed by atoms with van der Waals surface area (Å²) in [6.07, 6.45) is 0. The Morgan fingerprint density at radius 2 is 1.54 bits per heavy atom. The van der Waals surface area contributed by atoms with Crippen LogP contribution in [0.25, 0.3) is 0 Å². The number of halogens is 1. The van der Waals surface area contributed by atoms with E-state index in [9.17, 15) is 9.59 Å². The van der Waals surface area contributed by atoms with Crippen LogP contribution in [-0.4, -0.2) is 11.8 Å². The van der Waals surface area contributed by atoms with Crippen molar-refractivity contribution in [1.82, 2.24) is 0 Å². The summed E-state index contributed by atoms with van der Waals surface area (Å²) in [7, 11) is 0. The average molecular weight is 390 g/mol. The summed E-state index contributed by atoms with van der Waals surface area (Å²) in [5, 5.41) is 15.0. The Labute approximate surface area is 167 Å². The molecule has 0 spiro atoms. The Balaban J connectivity index is 1.70. The highest BCUT2D eigenvalue weighted by atomic mass is 35.5. The van der Waals surface area contributed by atoms with Gasteiger partial charge in [0.2, 0.25) is 0 Å². The highest BCUT2D eigenvalue weighted by molar-refractivity contribution is 6.31. The Kier molecular flexibility index (Phi) is 5.73. The van der Waals surface area contributed by atoms with Gasteiger partial charge in [-0.1, -0.05) is 23.7 Å². The van der Waals surface area contributed by atoms with Crippen LogP contribution in [-0.2, 0) is 0 Å². The minimum Gasteiger partial charge on any atom is -0.322 e. The van der Waals surface area contributed by atoms with Crippen molar-refractivity contribution in [1.29, 1.82) is 5.26 Å². The molecule has 0 radical (unpaired) electrons. The lowest BCUT2D eigenvalue weighted by atomic mass is 10.1. The Bertz CT molecular complexity index is 1090. The topological polar surface area (TPSA) is 82.0 Å². The number of anilines is 2. The first-order valence-electron chi connectivity index (χ1n) is 8.45. The highest BCUT2D eigenvalue weighted by Crippen LogP contribution is 2.21. The number of nitrogens with one attached hydrogen (secondary N) is 2. The quantitative estimate of drug-likeness (QED) is 0.656. The second kappa shape index (κ2) is 8.38. The molecule has 2 amide bonds. The van der Waals surface area contributed by atoms with Crippen LogP contribution in [0.1, 0.15) is 31.8 Å². The summed E-state index contributed by atoms with van der Waals surface area (Å²) in [6.45, 7) is 1.88. The van der Waals surface area contributed by atoms with Crippen LogP contribution in [0.4, 0.5) is 11.4 Å². The highest BCUT2D eigenvalue weighted by Gasteiger charge is 2.11. The average Bonchev–Trinajstić information content (AvgIpc) is 2.71. The second-order valence-corrected chi connectivity index (χ2v) is 6.57. The lowest BCUT2D eigenvalue weighted by molar-refractivity contribution is 0.101. The molecule has 0 fully saturated rings. The third-order valence-corrected chi connectivity index (χ3v) is 4.34. The van der Waals surface area contributed by atoms with Crippen molar-refractivity contribution in [2.75, 3.05) is 10.6 Å².